The highest BCUT2D eigenvalue weighted by Gasteiger charge is 2.30. The van der Waals surface area contributed by atoms with Crippen molar-refractivity contribution in [2.45, 2.75) is 19.4 Å². The van der Waals surface area contributed by atoms with E-state index >= 15 is 0 Å². The van der Waals surface area contributed by atoms with Gasteiger partial charge in [0.15, 0.2) is 0 Å². The lowest BCUT2D eigenvalue weighted by molar-refractivity contribution is -0.145. The molecule has 0 aliphatic carbocycles. The molecule has 0 radical (unpaired) electrons. The number of anilines is 1. The predicted molar refractivity (Wildman–Crippen MR) is 86.6 cm³/mol. The lowest BCUT2D eigenvalue weighted by Crippen LogP contribution is -2.52. The van der Waals surface area contributed by atoms with Crippen molar-refractivity contribution in [3.05, 3.63) is 23.8 Å². The van der Waals surface area contributed by atoms with Crippen molar-refractivity contribution in [1.29, 1.82) is 0 Å². The van der Waals surface area contributed by atoms with Gasteiger partial charge < -0.3 is 20.4 Å². The maximum atomic E-state index is 12.2. The van der Waals surface area contributed by atoms with E-state index in [4.69, 9.17) is 0 Å². The van der Waals surface area contributed by atoms with Crippen LogP contribution in [0.5, 0.6) is 5.75 Å². The second-order valence-electron chi connectivity index (χ2n) is 5.94. The van der Waals surface area contributed by atoms with Crippen LogP contribution in [-0.4, -0.2) is 71.2 Å². The van der Waals surface area contributed by atoms with E-state index in [0.717, 1.165) is 18.7 Å². The number of carbonyl (C=O) groups excluding carboxylic acids is 1. The van der Waals surface area contributed by atoms with Crippen LogP contribution in [0.25, 0.3) is 0 Å². The second kappa shape index (κ2) is 7.43. The smallest absolute Gasteiger partial charge is 0.321 e. The second-order valence-corrected chi connectivity index (χ2v) is 5.94. The van der Waals surface area contributed by atoms with Crippen LogP contribution in [-0.2, 0) is 9.59 Å². The fraction of sp³-hybridized carbons (Fsp3) is 0.500. The number of phenols is 1. The first-order valence-electron chi connectivity index (χ1n) is 7.61. The summed E-state index contributed by atoms with van der Waals surface area (Å²) in [6.07, 6.45) is -0.0979. The number of aliphatic carboxylic acids is 1. The number of carboxylic acid groups (broad SMARTS) is 1. The number of rotatable bonds is 5. The summed E-state index contributed by atoms with van der Waals surface area (Å²) in [7, 11) is 1.99. The quantitative estimate of drug-likeness (QED) is 0.692. The average molecular weight is 321 g/mol. The number of nitrogens with zero attached hydrogens (tertiary/aromatic N) is 2. The summed E-state index contributed by atoms with van der Waals surface area (Å²) < 4.78 is 0. The third-order valence-corrected chi connectivity index (χ3v) is 4.13. The van der Waals surface area contributed by atoms with Crippen LogP contribution in [0.1, 0.15) is 12.0 Å². The van der Waals surface area contributed by atoms with Gasteiger partial charge in [0.1, 0.15) is 11.8 Å². The summed E-state index contributed by atoms with van der Waals surface area (Å²) in [4.78, 5) is 27.7. The average Bonchev–Trinajstić information content (AvgIpc) is 2.48. The summed E-state index contributed by atoms with van der Waals surface area (Å²) in [5, 5.41) is 21.5. The van der Waals surface area contributed by atoms with Crippen LogP contribution >= 0.6 is 0 Å². The molecule has 1 aliphatic heterocycles. The lowest BCUT2D eigenvalue weighted by Gasteiger charge is -2.35. The van der Waals surface area contributed by atoms with Gasteiger partial charge in [0.05, 0.1) is 6.42 Å². The Labute approximate surface area is 135 Å². The van der Waals surface area contributed by atoms with E-state index in [1.807, 2.05) is 11.9 Å². The molecular formula is C16H23N3O4. The fourth-order valence-electron chi connectivity index (χ4n) is 2.67. The van der Waals surface area contributed by atoms with Crippen molar-refractivity contribution < 1.29 is 19.8 Å². The summed E-state index contributed by atoms with van der Waals surface area (Å²) in [6.45, 7) is 4.63. The lowest BCUT2D eigenvalue weighted by atomic mass is 10.1. The molecule has 1 aliphatic rings. The SMILES string of the molecule is Cc1cc(O)ccc1NC(=O)C[C@@H](C(=O)O)N1CCN(C)CC1. The van der Waals surface area contributed by atoms with Crippen molar-refractivity contribution in [2.75, 3.05) is 38.5 Å². The Kier molecular flexibility index (Phi) is 5.57. The molecule has 7 nitrogen and oxygen atoms in total. The van der Waals surface area contributed by atoms with E-state index in [1.165, 1.54) is 6.07 Å². The first-order chi connectivity index (χ1) is 10.9. The fourth-order valence-corrected chi connectivity index (χ4v) is 2.67. The van der Waals surface area contributed by atoms with Crippen molar-refractivity contribution in [1.82, 2.24) is 9.80 Å². The molecule has 1 aromatic carbocycles. The Morgan fingerprint density at radius 1 is 1.26 bits per heavy atom. The zero-order valence-electron chi connectivity index (χ0n) is 13.5. The van der Waals surface area contributed by atoms with Gasteiger partial charge in [-0.3, -0.25) is 14.5 Å². The number of aryl methyl sites for hydroxylation is 1. The van der Waals surface area contributed by atoms with Crippen molar-refractivity contribution in [3.63, 3.8) is 0 Å². The molecular weight excluding hydrogens is 298 g/mol. The third-order valence-electron chi connectivity index (χ3n) is 4.13. The molecule has 2 rings (SSSR count). The van der Waals surface area contributed by atoms with E-state index in [9.17, 15) is 19.8 Å². The predicted octanol–water partition coefficient (Wildman–Crippen LogP) is 0.730. The Hall–Kier alpha value is -2.12. The molecule has 126 valence electrons. The van der Waals surface area contributed by atoms with Crippen molar-refractivity contribution in [3.8, 4) is 5.75 Å². The van der Waals surface area contributed by atoms with E-state index < -0.39 is 12.0 Å². The van der Waals surface area contributed by atoms with E-state index in [-0.39, 0.29) is 18.1 Å². The summed E-state index contributed by atoms with van der Waals surface area (Å²) in [6, 6.07) is 3.82. The van der Waals surface area contributed by atoms with Gasteiger partial charge in [-0.2, -0.15) is 0 Å². The molecule has 0 unspecified atom stereocenters. The number of likely N-dealkylation sites (N-methyl/N-ethyl adjacent to an activating group) is 1. The minimum Gasteiger partial charge on any atom is -0.508 e. The van der Waals surface area contributed by atoms with Crippen LogP contribution < -0.4 is 5.32 Å². The molecule has 0 saturated carbocycles. The highest BCUT2D eigenvalue weighted by atomic mass is 16.4. The summed E-state index contributed by atoms with van der Waals surface area (Å²) in [5.74, 6) is -1.20. The molecule has 1 heterocycles. The number of phenolic OH excluding ortho intramolecular Hbond substituents is 1. The first kappa shape index (κ1) is 17.2. The third kappa shape index (κ3) is 4.67. The topological polar surface area (TPSA) is 93.1 Å². The van der Waals surface area contributed by atoms with E-state index in [0.29, 0.717) is 18.8 Å². The van der Waals surface area contributed by atoms with E-state index in [2.05, 4.69) is 10.2 Å². The van der Waals surface area contributed by atoms with Crippen LogP contribution in [0.2, 0.25) is 0 Å². The molecule has 7 heteroatoms. The minimum atomic E-state index is -0.980. The normalized spacial score (nSPS) is 17.7. The molecule has 1 atom stereocenters. The van der Waals surface area contributed by atoms with Gasteiger partial charge >= 0.3 is 5.97 Å². The van der Waals surface area contributed by atoms with Crippen molar-refractivity contribution >= 4 is 17.6 Å². The highest BCUT2D eigenvalue weighted by molar-refractivity contribution is 5.94. The highest BCUT2D eigenvalue weighted by Crippen LogP contribution is 2.20. The molecule has 0 bridgehead atoms. The Balaban J connectivity index is 1.99. The number of hydrogen-bond acceptors (Lipinski definition) is 5. The van der Waals surface area contributed by atoms with Crippen LogP contribution in [0.15, 0.2) is 18.2 Å². The monoisotopic (exact) mass is 321 g/mol. The van der Waals surface area contributed by atoms with Crippen LogP contribution in [0.3, 0.4) is 0 Å². The van der Waals surface area contributed by atoms with Crippen LogP contribution in [0, 0.1) is 6.92 Å². The molecule has 1 aromatic rings. The van der Waals surface area contributed by atoms with Gasteiger partial charge in [-0.15, -0.1) is 0 Å². The Morgan fingerprint density at radius 2 is 1.91 bits per heavy atom. The van der Waals surface area contributed by atoms with Gasteiger partial charge in [0.2, 0.25) is 5.91 Å². The molecule has 1 fully saturated rings. The zero-order chi connectivity index (χ0) is 17.0. The molecule has 23 heavy (non-hydrogen) atoms. The maximum absolute atomic E-state index is 12.2. The molecule has 1 amide bonds. The Morgan fingerprint density at radius 3 is 2.48 bits per heavy atom. The van der Waals surface area contributed by atoms with Gasteiger partial charge in [-0.05, 0) is 37.7 Å². The number of benzene rings is 1. The van der Waals surface area contributed by atoms with Gasteiger partial charge in [0, 0.05) is 31.9 Å². The number of carbonyl (C=O) groups is 2. The number of amides is 1. The Bertz CT molecular complexity index is 583. The standard InChI is InChI=1S/C16H23N3O4/c1-11-9-12(20)3-4-13(11)17-15(21)10-14(16(22)23)19-7-5-18(2)6-8-19/h3-4,9,14,20H,5-8,10H2,1-2H3,(H,17,21)(H,22,23)/t14-/m0/s1. The van der Waals surface area contributed by atoms with Crippen molar-refractivity contribution in [2.24, 2.45) is 0 Å². The van der Waals surface area contributed by atoms with Crippen LogP contribution in [0.4, 0.5) is 5.69 Å². The zero-order valence-corrected chi connectivity index (χ0v) is 13.5. The maximum Gasteiger partial charge on any atom is 0.321 e. The number of aromatic hydroxyl groups is 1. The summed E-state index contributed by atoms with van der Waals surface area (Å²) in [5.41, 5.74) is 1.31. The largest absolute Gasteiger partial charge is 0.508 e. The molecule has 0 spiro atoms. The number of piperazine rings is 1. The van der Waals surface area contributed by atoms with Gasteiger partial charge in [-0.1, -0.05) is 0 Å². The summed E-state index contributed by atoms with van der Waals surface area (Å²) >= 11 is 0. The number of hydrogen-bond donors (Lipinski definition) is 3. The molecule has 0 aromatic heterocycles. The molecule has 3 N–H and O–H groups in total. The minimum absolute atomic E-state index is 0.0979. The number of carboxylic acids is 1. The molecule has 1 saturated heterocycles. The van der Waals surface area contributed by atoms with E-state index in [1.54, 1.807) is 19.1 Å². The van der Waals surface area contributed by atoms with Gasteiger partial charge in [0.25, 0.3) is 0 Å². The number of nitrogens with one attached hydrogen (secondary N) is 1. The first-order valence-corrected chi connectivity index (χ1v) is 7.61. The van der Waals surface area contributed by atoms with Gasteiger partial charge in [-0.25, -0.2) is 0 Å².